The number of fused-ring (bicyclic) bond motifs is 1. The first-order valence-electron chi connectivity index (χ1n) is 9.31. The van der Waals surface area contributed by atoms with Gasteiger partial charge in [0.05, 0.1) is 17.2 Å². The standard InChI is InChI=1S/C21H18N4O4S2/c1-2-29-14-7-9-15(10-8-14)31(27,28)25-19-11-20(30-21-22-13-23-24-21)18(12-26)16-5-3-4-6-17(16)19/h3-13,25H,2H2,1H3,(H,22,23,24). The van der Waals surface area contributed by atoms with Gasteiger partial charge in [-0.3, -0.25) is 14.6 Å². The lowest BCUT2D eigenvalue weighted by Gasteiger charge is -2.15. The number of hydrogen-bond acceptors (Lipinski definition) is 7. The lowest BCUT2D eigenvalue weighted by molar-refractivity contribution is 0.112. The van der Waals surface area contributed by atoms with Gasteiger partial charge in [0.1, 0.15) is 12.1 Å². The van der Waals surface area contributed by atoms with Crippen LogP contribution in [0.1, 0.15) is 17.3 Å². The smallest absolute Gasteiger partial charge is 0.261 e. The van der Waals surface area contributed by atoms with E-state index in [2.05, 4.69) is 19.9 Å². The molecule has 0 spiro atoms. The molecule has 1 aromatic heterocycles. The number of aldehydes is 1. The molecule has 10 heteroatoms. The Bertz CT molecular complexity index is 1320. The van der Waals surface area contributed by atoms with E-state index in [1.54, 1.807) is 42.5 Å². The molecule has 8 nitrogen and oxygen atoms in total. The topological polar surface area (TPSA) is 114 Å². The number of sulfonamides is 1. The molecule has 0 radical (unpaired) electrons. The summed E-state index contributed by atoms with van der Waals surface area (Å²) >= 11 is 1.19. The third-order valence-corrected chi connectivity index (χ3v) is 6.78. The van der Waals surface area contributed by atoms with Crippen LogP contribution in [0, 0.1) is 0 Å². The van der Waals surface area contributed by atoms with Gasteiger partial charge in [0, 0.05) is 15.8 Å². The fourth-order valence-electron chi connectivity index (χ4n) is 3.10. The van der Waals surface area contributed by atoms with Crippen LogP contribution in [0.3, 0.4) is 0 Å². The van der Waals surface area contributed by atoms with Crippen LogP contribution in [0.25, 0.3) is 10.8 Å². The predicted octanol–water partition coefficient (Wildman–Crippen LogP) is 4.12. The molecule has 31 heavy (non-hydrogen) atoms. The van der Waals surface area contributed by atoms with Gasteiger partial charge in [0.15, 0.2) is 11.4 Å². The molecule has 1 heterocycles. The Labute approximate surface area is 183 Å². The van der Waals surface area contributed by atoms with Crippen molar-refractivity contribution in [2.24, 2.45) is 0 Å². The molecule has 0 aliphatic heterocycles. The summed E-state index contributed by atoms with van der Waals surface area (Å²) in [6.45, 7) is 2.35. The summed E-state index contributed by atoms with van der Waals surface area (Å²) in [6.07, 6.45) is 2.12. The van der Waals surface area contributed by atoms with Gasteiger partial charge in [0.25, 0.3) is 10.0 Å². The summed E-state index contributed by atoms with van der Waals surface area (Å²) in [4.78, 5) is 16.6. The molecular weight excluding hydrogens is 436 g/mol. The van der Waals surface area contributed by atoms with Gasteiger partial charge in [-0.2, -0.15) is 5.10 Å². The molecule has 3 aromatic carbocycles. The van der Waals surface area contributed by atoms with Gasteiger partial charge in [-0.1, -0.05) is 24.3 Å². The van der Waals surface area contributed by atoms with Crippen LogP contribution >= 0.6 is 11.8 Å². The second-order valence-electron chi connectivity index (χ2n) is 6.40. The summed E-state index contributed by atoms with van der Waals surface area (Å²) in [5.41, 5.74) is 0.804. The SMILES string of the molecule is CCOc1ccc(S(=O)(=O)Nc2cc(Sc3ncn[nH]3)c(C=O)c3ccccc23)cc1. The third kappa shape index (κ3) is 4.39. The van der Waals surface area contributed by atoms with Crippen LogP contribution in [0.2, 0.25) is 0 Å². The normalized spacial score (nSPS) is 11.4. The molecule has 0 bridgehead atoms. The zero-order valence-corrected chi connectivity index (χ0v) is 18.0. The number of nitrogens with zero attached hydrogens (tertiary/aromatic N) is 2. The highest BCUT2D eigenvalue weighted by atomic mass is 32.2. The zero-order valence-electron chi connectivity index (χ0n) is 16.4. The second kappa shape index (κ2) is 8.78. The first kappa shape index (κ1) is 20.9. The Morgan fingerprint density at radius 3 is 2.52 bits per heavy atom. The molecule has 0 unspecified atom stereocenters. The van der Waals surface area contributed by atoms with E-state index in [-0.39, 0.29) is 4.90 Å². The Kier molecular flexibility index (Phi) is 5.92. The van der Waals surface area contributed by atoms with Gasteiger partial charge in [-0.25, -0.2) is 13.4 Å². The van der Waals surface area contributed by atoms with Crippen molar-refractivity contribution in [1.82, 2.24) is 15.2 Å². The van der Waals surface area contributed by atoms with E-state index in [0.717, 1.165) is 6.29 Å². The summed E-state index contributed by atoms with van der Waals surface area (Å²) in [5.74, 6) is 0.591. The summed E-state index contributed by atoms with van der Waals surface area (Å²) in [6, 6.07) is 14.9. The first-order valence-corrected chi connectivity index (χ1v) is 11.6. The number of aromatic amines is 1. The molecule has 0 saturated carbocycles. The quantitative estimate of drug-likeness (QED) is 0.385. The lowest BCUT2D eigenvalue weighted by Crippen LogP contribution is -2.13. The maximum absolute atomic E-state index is 13.0. The molecule has 158 valence electrons. The Balaban J connectivity index is 1.78. The predicted molar refractivity (Wildman–Crippen MR) is 118 cm³/mol. The number of benzene rings is 3. The van der Waals surface area contributed by atoms with E-state index >= 15 is 0 Å². The number of H-pyrrole nitrogens is 1. The first-order chi connectivity index (χ1) is 15.0. The van der Waals surface area contributed by atoms with Crippen LogP contribution in [-0.2, 0) is 10.0 Å². The van der Waals surface area contributed by atoms with Crippen molar-refractivity contribution in [2.75, 3.05) is 11.3 Å². The lowest BCUT2D eigenvalue weighted by atomic mass is 10.0. The molecule has 0 aliphatic rings. The minimum absolute atomic E-state index is 0.101. The minimum atomic E-state index is -3.87. The number of ether oxygens (including phenoxy) is 1. The fraction of sp³-hybridized carbons (Fsp3) is 0.0952. The van der Waals surface area contributed by atoms with Gasteiger partial charge >= 0.3 is 0 Å². The van der Waals surface area contributed by atoms with Crippen molar-refractivity contribution in [3.05, 3.63) is 66.5 Å². The van der Waals surface area contributed by atoms with Crippen LogP contribution in [0.4, 0.5) is 5.69 Å². The second-order valence-corrected chi connectivity index (χ2v) is 9.12. The molecule has 0 aliphatic carbocycles. The number of hydrogen-bond donors (Lipinski definition) is 2. The molecule has 2 N–H and O–H groups in total. The third-order valence-electron chi connectivity index (χ3n) is 4.46. The molecular formula is C21H18N4O4S2. The Hall–Kier alpha value is -3.37. The highest BCUT2D eigenvalue weighted by Crippen LogP contribution is 2.37. The van der Waals surface area contributed by atoms with E-state index in [9.17, 15) is 13.2 Å². The van der Waals surface area contributed by atoms with Crippen molar-refractivity contribution in [2.45, 2.75) is 21.9 Å². The molecule has 0 atom stereocenters. The zero-order chi connectivity index (χ0) is 21.8. The number of anilines is 1. The van der Waals surface area contributed by atoms with Crippen LogP contribution in [-0.4, -0.2) is 36.5 Å². The summed E-state index contributed by atoms with van der Waals surface area (Å²) in [7, 11) is -3.87. The van der Waals surface area contributed by atoms with Crippen molar-refractivity contribution in [3.63, 3.8) is 0 Å². The molecule has 0 amide bonds. The maximum Gasteiger partial charge on any atom is 0.261 e. The average Bonchev–Trinajstić information content (AvgIpc) is 3.27. The van der Waals surface area contributed by atoms with Crippen molar-refractivity contribution >= 4 is 44.5 Å². The van der Waals surface area contributed by atoms with Gasteiger partial charge in [-0.15, -0.1) is 0 Å². The Morgan fingerprint density at radius 2 is 1.87 bits per heavy atom. The maximum atomic E-state index is 13.0. The van der Waals surface area contributed by atoms with Gasteiger partial charge < -0.3 is 4.74 Å². The minimum Gasteiger partial charge on any atom is -0.494 e. The number of aromatic nitrogens is 3. The number of carbonyl (C=O) groups is 1. The molecule has 4 aromatic rings. The van der Waals surface area contributed by atoms with E-state index in [1.165, 1.54) is 30.2 Å². The number of carbonyl (C=O) groups excluding carboxylic acids is 1. The van der Waals surface area contributed by atoms with E-state index < -0.39 is 10.0 Å². The number of rotatable bonds is 8. The van der Waals surface area contributed by atoms with Crippen LogP contribution in [0.5, 0.6) is 5.75 Å². The van der Waals surface area contributed by atoms with E-state index in [0.29, 0.717) is 44.4 Å². The van der Waals surface area contributed by atoms with Crippen LogP contribution < -0.4 is 9.46 Å². The molecule has 0 saturated heterocycles. The molecule has 0 fully saturated rings. The van der Waals surface area contributed by atoms with E-state index in [1.807, 2.05) is 6.92 Å². The van der Waals surface area contributed by atoms with Crippen molar-refractivity contribution in [1.29, 1.82) is 0 Å². The Morgan fingerprint density at radius 1 is 1.13 bits per heavy atom. The monoisotopic (exact) mass is 454 g/mol. The van der Waals surface area contributed by atoms with Crippen molar-refractivity contribution in [3.8, 4) is 5.75 Å². The highest BCUT2D eigenvalue weighted by molar-refractivity contribution is 7.99. The van der Waals surface area contributed by atoms with Crippen molar-refractivity contribution < 1.29 is 17.9 Å². The summed E-state index contributed by atoms with van der Waals surface area (Å²) in [5, 5.41) is 8.27. The van der Waals surface area contributed by atoms with Gasteiger partial charge in [-0.05, 0) is 54.4 Å². The van der Waals surface area contributed by atoms with E-state index in [4.69, 9.17) is 4.74 Å². The molecule has 4 rings (SSSR count). The van der Waals surface area contributed by atoms with Gasteiger partial charge in [0.2, 0.25) is 0 Å². The highest BCUT2D eigenvalue weighted by Gasteiger charge is 2.19. The number of nitrogens with one attached hydrogen (secondary N) is 2. The van der Waals surface area contributed by atoms with Crippen LogP contribution in [0.15, 0.2) is 75.9 Å². The summed E-state index contributed by atoms with van der Waals surface area (Å²) < 4.78 is 34.1. The largest absolute Gasteiger partial charge is 0.494 e. The average molecular weight is 455 g/mol. The fourth-order valence-corrected chi connectivity index (χ4v) is 5.02.